The van der Waals surface area contributed by atoms with Gasteiger partial charge in [0.25, 0.3) is 0 Å². The summed E-state index contributed by atoms with van der Waals surface area (Å²) in [6.07, 6.45) is 0.268. The molecule has 114 valence electrons. The standard InChI is InChI=1S/C13H17N3O4S/c14-13(18)15-8-9-16-21(19,20)12-7-2-1-5-11(12)6-3-4-10-17/h1-2,5,7,16-17H,4,8-10H2,(H3,14,15,18). The summed E-state index contributed by atoms with van der Waals surface area (Å²) in [5.74, 6) is 5.39. The van der Waals surface area contributed by atoms with Gasteiger partial charge in [-0.3, -0.25) is 0 Å². The van der Waals surface area contributed by atoms with Crippen LogP contribution in [0.5, 0.6) is 0 Å². The van der Waals surface area contributed by atoms with Crippen LogP contribution >= 0.6 is 0 Å². The Morgan fingerprint density at radius 1 is 1.29 bits per heavy atom. The largest absolute Gasteiger partial charge is 0.395 e. The number of hydrogen-bond acceptors (Lipinski definition) is 4. The van der Waals surface area contributed by atoms with Crippen LogP contribution in [0.25, 0.3) is 0 Å². The first-order valence-corrected chi connectivity index (χ1v) is 7.67. The molecule has 0 radical (unpaired) electrons. The number of amides is 2. The van der Waals surface area contributed by atoms with Crippen molar-refractivity contribution in [1.82, 2.24) is 10.0 Å². The number of urea groups is 1. The van der Waals surface area contributed by atoms with Gasteiger partial charge in [-0.15, -0.1) is 0 Å². The molecule has 0 aromatic heterocycles. The average molecular weight is 311 g/mol. The average Bonchev–Trinajstić information content (AvgIpc) is 2.44. The number of carbonyl (C=O) groups is 1. The van der Waals surface area contributed by atoms with E-state index >= 15 is 0 Å². The summed E-state index contributed by atoms with van der Waals surface area (Å²) in [7, 11) is -3.73. The van der Waals surface area contributed by atoms with E-state index in [9.17, 15) is 13.2 Å². The molecular formula is C13H17N3O4S. The van der Waals surface area contributed by atoms with Gasteiger partial charge in [-0.25, -0.2) is 17.9 Å². The number of rotatable bonds is 6. The maximum absolute atomic E-state index is 12.2. The molecule has 0 atom stereocenters. The quantitative estimate of drug-likeness (QED) is 0.412. The van der Waals surface area contributed by atoms with Crippen molar-refractivity contribution in [3.63, 3.8) is 0 Å². The summed E-state index contributed by atoms with van der Waals surface area (Å²) in [5, 5.41) is 11.0. The van der Waals surface area contributed by atoms with Crippen molar-refractivity contribution >= 4 is 16.1 Å². The first-order valence-electron chi connectivity index (χ1n) is 6.19. The van der Waals surface area contributed by atoms with Crippen LogP contribution in [0.3, 0.4) is 0 Å². The van der Waals surface area contributed by atoms with E-state index < -0.39 is 16.1 Å². The second-order valence-corrected chi connectivity index (χ2v) is 5.70. The molecule has 0 spiro atoms. The predicted molar refractivity (Wildman–Crippen MR) is 77.8 cm³/mol. The summed E-state index contributed by atoms with van der Waals surface area (Å²) in [6, 6.07) is 5.57. The minimum Gasteiger partial charge on any atom is -0.395 e. The molecule has 0 aliphatic heterocycles. The van der Waals surface area contributed by atoms with Crippen LogP contribution in [0.1, 0.15) is 12.0 Å². The van der Waals surface area contributed by atoms with Crippen molar-refractivity contribution in [3.05, 3.63) is 29.8 Å². The fourth-order valence-corrected chi connectivity index (χ4v) is 2.66. The predicted octanol–water partition coefficient (Wildman–Crippen LogP) is -0.633. The maximum atomic E-state index is 12.2. The highest BCUT2D eigenvalue weighted by atomic mass is 32.2. The number of benzene rings is 1. The number of nitrogens with one attached hydrogen (secondary N) is 2. The smallest absolute Gasteiger partial charge is 0.312 e. The first-order chi connectivity index (χ1) is 9.97. The van der Waals surface area contributed by atoms with Crippen LogP contribution in [0.2, 0.25) is 0 Å². The zero-order valence-corrected chi connectivity index (χ0v) is 12.1. The second kappa shape index (κ2) is 8.26. The SMILES string of the molecule is NC(=O)NCCNS(=O)(=O)c1ccccc1C#CCCO. The van der Waals surface area contributed by atoms with Crippen LogP contribution in [0.4, 0.5) is 4.79 Å². The highest BCUT2D eigenvalue weighted by Gasteiger charge is 2.16. The Balaban J connectivity index is 2.83. The van der Waals surface area contributed by atoms with Gasteiger partial charge in [0.05, 0.1) is 11.5 Å². The third-order valence-electron chi connectivity index (χ3n) is 2.35. The van der Waals surface area contributed by atoms with E-state index in [-0.39, 0.29) is 31.0 Å². The normalized spacial score (nSPS) is 10.5. The van der Waals surface area contributed by atoms with Crippen molar-refractivity contribution < 1.29 is 18.3 Å². The molecule has 0 saturated heterocycles. The zero-order valence-electron chi connectivity index (χ0n) is 11.3. The van der Waals surface area contributed by atoms with E-state index in [2.05, 4.69) is 21.9 Å². The maximum Gasteiger partial charge on any atom is 0.312 e. The molecule has 0 fully saturated rings. The van der Waals surface area contributed by atoms with Gasteiger partial charge in [-0.2, -0.15) is 0 Å². The monoisotopic (exact) mass is 311 g/mol. The second-order valence-electron chi connectivity index (χ2n) is 3.96. The molecule has 1 rings (SSSR count). The van der Waals surface area contributed by atoms with E-state index in [1.807, 2.05) is 0 Å². The Bertz CT molecular complexity index is 647. The van der Waals surface area contributed by atoms with Crippen LogP contribution < -0.4 is 15.8 Å². The lowest BCUT2D eigenvalue weighted by Crippen LogP contribution is -2.37. The van der Waals surface area contributed by atoms with Crippen LogP contribution in [-0.4, -0.2) is 39.3 Å². The molecule has 1 aromatic carbocycles. The Kier molecular flexibility index (Phi) is 6.68. The molecule has 0 aliphatic rings. The topological polar surface area (TPSA) is 122 Å². The minimum absolute atomic E-state index is 0.0175. The lowest BCUT2D eigenvalue weighted by atomic mass is 10.2. The van der Waals surface area contributed by atoms with E-state index in [0.29, 0.717) is 5.56 Å². The van der Waals surface area contributed by atoms with Gasteiger partial charge < -0.3 is 16.2 Å². The molecule has 1 aromatic rings. The van der Waals surface area contributed by atoms with Gasteiger partial charge >= 0.3 is 6.03 Å². The molecule has 2 amide bonds. The fraction of sp³-hybridized carbons (Fsp3) is 0.308. The number of sulfonamides is 1. The van der Waals surface area contributed by atoms with Crippen LogP contribution in [-0.2, 0) is 10.0 Å². The Hall–Kier alpha value is -2.08. The summed E-state index contributed by atoms with van der Waals surface area (Å²) in [4.78, 5) is 10.5. The van der Waals surface area contributed by atoms with Crippen molar-refractivity contribution in [2.24, 2.45) is 5.73 Å². The molecule has 0 saturated carbocycles. The third kappa shape index (κ3) is 5.83. The fourth-order valence-electron chi connectivity index (χ4n) is 1.47. The molecule has 0 heterocycles. The van der Waals surface area contributed by atoms with Crippen LogP contribution in [0, 0.1) is 11.8 Å². The van der Waals surface area contributed by atoms with Gasteiger partial charge in [-0.1, -0.05) is 24.0 Å². The molecule has 0 bridgehead atoms. The number of nitrogens with two attached hydrogens (primary N) is 1. The van der Waals surface area contributed by atoms with Gasteiger partial charge in [0.2, 0.25) is 10.0 Å². The lowest BCUT2D eigenvalue weighted by Gasteiger charge is -2.08. The Morgan fingerprint density at radius 2 is 2.00 bits per heavy atom. The van der Waals surface area contributed by atoms with Crippen molar-refractivity contribution in [1.29, 1.82) is 0 Å². The highest BCUT2D eigenvalue weighted by molar-refractivity contribution is 7.89. The number of carbonyl (C=O) groups excluding carboxylic acids is 1. The number of aliphatic hydroxyl groups excluding tert-OH is 1. The molecule has 21 heavy (non-hydrogen) atoms. The molecule has 0 unspecified atom stereocenters. The molecule has 8 heteroatoms. The van der Waals surface area contributed by atoms with E-state index in [1.54, 1.807) is 18.2 Å². The number of hydrogen-bond donors (Lipinski definition) is 4. The number of aliphatic hydroxyl groups is 1. The van der Waals surface area contributed by atoms with Gasteiger partial charge in [0, 0.05) is 25.1 Å². The Morgan fingerprint density at radius 3 is 2.67 bits per heavy atom. The summed E-state index contributed by atoms with van der Waals surface area (Å²) in [5.41, 5.74) is 5.23. The first kappa shape index (κ1) is 17.0. The summed E-state index contributed by atoms with van der Waals surface area (Å²) in [6.45, 7) is 0.0234. The van der Waals surface area contributed by atoms with E-state index in [1.165, 1.54) is 6.07 Å². The summed E-state index contributed by atoms with van der Waals surface area (Å²) < 4.78 is 26.7. The van der Waals surface area contributed by atoms with Gasteiger partial charge in [-0.05, 0) is 12.1 Å². The van der Waals surface area contributed by atoms with Gasteiger partial charge in [0.15, 0.2) is 0 Å². The van der Waals surface area contributed by atoms with Crippen molar-refractivity contribution in [2.45, 2.75) is 11.3 Å². The highest BCUT2D eigenvalue weighted by Crippen LogP contribution is 2.13. The lowest BCUT2D eigenvalue weighted by molar-refractivity contribution is 0.249. The summed E-state index contributed by atoms with van der Waals surface area (Å²) >= 11 is 0. The molecule has 0 aliphatic carbocycles. The molecular weight excluding hydrogens is 294 g/mol. The minimum atomic E-state index is -3.73. The van der Waals surface area contributed by atoms with E-state index in [4.69, 9.17) is 10.8 Å². The van der Waals surface area contributed by atoms with Gasteiger partial charge in [0.1, 0.15) is 0 Å². The molecule has 7 nitrogen and oxygen atoms in total. The third-order valence-corrected chi connectivity index (χ3v) is 3.87. The van der Waals surface area contributed by atoms with Crippen LogP contribution in [0.15, 0.2) is 29.2 Å². The molecule has 5 N–H and O–H groups in total. The van der Waals surface area contributed by atoms with Crippen molar-refractivity contribution in [2.75, 3.05) is 19.7 Å². The van der Waals surface area contributed by atoms with E-state index in [0.717, 1.165) is 0 Å². The Labute approximate surface area is 123 Å². The van der Waals surface area contributed by atoms with Crippen molar-refractivity contribution in [3.8, 4) is 11.8 Å². The zero-order chi connectivity index (χ0) is 15.7. The number of primary amides is 1.